The van der Waals surface area contributed by atoms with Gasteiger partial charge >= 0.3 is 0 Å². The van der Waals surface area contributed by atoms with Crippen LogP contribution in [-0.4, -0.2) is 25.3 Å². The number of aliphatic hydroxyl groups excluding tert-OH is 1. The molecule has 1 radical (unpaired) electrons. The van der Waals surface area contributed by atoms with Crippen LogP contribution in [-0.2, 0) is 31.3 Å². The molecule has 0 spiro atoms. The number of nitrogens with zero attached hydrogens (tertiary/aromatic N) is 4. The Morgan fingerprint density at radius 3 is 2.27 bits per heavy atom. The van der Waals surface area contributed by atoms with Gasteiger partial charge in [-0.05, 0) is 73.1 Å². The number of hydrogen-bond donors (Lipinski definition) is 1. The second-order valence-electron chi connectivity index (χ2n) is 14.1. The Hall–Kier alpha value is -4.11. The molecular formula is C42H47IrN4O2-. The second-order valence-corrected chi connectivity index (χ2v) is 14.1. The zero-order valence-electron chi connectivity index (χ0n) is 29.9. The molecule has 257 valence electrons. The summed E-state index contributed by atoms with van der Waals surface area (Å²) in [6.07, 6.45) is 7.53. The molecule has 49 heavy (non-hydrogen) atoms. The molecule has 0 unspecified atom stereocenters. The number of nitriles is 1. The van der Waals surface area contributed by atoms with Crippen LogP contribution in [0.2, 0.25) is 0 Å². The van der Waals surface area contributed by atoms with Gasteiger partial charge in [-0.25, -0.2) is 4.98 Å². The van der Waals surface area contributed by atoms with Crippen molar-refractivity contribution < 1.29 is 30.0 Å². The number of aryl methyl sites for hydroxylation is 1. The number of carbonyl (C=O) groups excluding carboxylic acids is 1. The van der Waals surface area contributed by atoms with E-state index in [0.717, 1.165) is 86.9 Å². The summed E-state index contributed by atoms with van der Waals surface area (Å²) in [6, 6.07) is 22.7. The molecule has 0 aliphatic heterocycles. The zero-order valence-corrected chi connectivity index (χ0v) is 32.3. The summed E-state index contributed by atoms with van der Waals surface area (Å²) in [7, 11) is 0. The monoisotopic (exact) mass is 832 g/mol. The number of allylic oxidation sites excluding steroid dienone is 2. The first-order valence-electron chi connectivity index (χ1n) is 17.2. The average Bonchev–Trinajstić information content (AvgIpc) is 3.45. The van der Waals surface area contributed by atoms with Crippen molar-refractivity contribution in [3.05, 3.63) is 89.3 Å². The first-order chi connectivity index (χ1) is 22.9. The number of aromatic nitrogens is 3. The molecule has 6 nitrogen and oxygen atoms in total. The van der Waals surface area contributed by atoms with Crippen LogP contribution < -0.4 is 0 Å². The Kier molecular flexibility index (Phi) is 12.0. The van der Waals surface area contributed by atoms with E-state index in [2.05, 4.69) is 74.6 Å². The molecule has 0 amide bonds. The van der Waals surface area contributed by atoms with Crippen molar-refractivity contribution in [2.45, 2.75) is 87.5 Å². The minimum absolute atomic E-state index is 0. The maximum Gasteiger partial charge on any atom is 0.162 e. The van der Waals surface area contributed by atoms with Crippen LogP contribution in [0.1, 0.15) is 90.8 Å². The number of hydrogen-bond acceptors (Lipinski definition) is 5. The van der Waals surface area contributed by atoms with Crippen LogP contribution in [0.3, 0.4) is 0 Å². The van der Waals surface area contributed by atoms with Crippen molar-refractivity contribution in [2.75, 3.05) is 0 Å². The molecule has 0 saturated heterocycles. The smallest absolute Gasteiger partial charge is 0.162 e. The first-order valence-corrected chi connectivity index (χ1v) is 17.2. The van der Waals surface area contributed by atoms with Crippen LogP contribution >= 0.6 is 0 Å². The van der Waals surface area contributed by atoms with Gasteiger partial charge in [-0.1, -0.05) is 83.5 Å². The van der Waals surface area contributed by atoms with E-state index in [0.29, 0.717) is 5.56 Å². The summed E-state index contributed by atoms with van der Waals surface area (Å²) < 4.78 is 2.18. The molecule has 1 N–H and O–H groups in total. The number of rotatable bonds is 8. The predicted molar refractivity (Wildman–Crippen MR) is 198 cm³/mol. The average molecular weight is 832 g/mol. The fraction of sp³-hybridized carbons (Fsp3) is 0.381. The van der Waals surface area contributed by atoms with Gasteiger partial charge in [0.1, 0.15) is 11.7 Å². The molecule has 7 heteroatoms. The van der Waals surface area contributed by atoms with E-state index in [1.54, 1.807) is 6.20 Å². The van der Waals surface area contributed by atoms with Gasteiger partial charge < -0.3 is 9.51 Å². The van der Waals surface area contributed by atoms with E-state index in [1.807, 2.05) is 45.9 Å². The maximum absolute atomic E-state index is 11.7. The summed E-state index contributed by atoms with van der Waals surface area (Å²) >= 11 is 0. The van der Waals surface area contributed by atoms with Crippen LogP contribution in [0.15, 0.2) is 66.6 Å². The number of pyridine rings is 2. The predicted octanol–water partition coefficient (Wildman–Crippen LogP) is 10.8. The van der Waals surface area contributed by atoms with E-state index in [9.17, 15) is 15.2 Å². The van der Waals surface area contributed by atoms with Crippen molar-refractivity contribution in [1.29, 1.82) is 5.26 Å². The quantitative estimate of drug-likeness (QED) is 0.0542. The van der Waals surface area contributed by atoms with Crippen molar-refractivity contribution in [1.82, 2.24) is 14.4 Å². The van der Waals surface area contributed by atoms with E-state index in [4.69, 9.17) is 9.97 Å². The minimum Gasteiger partial charge on any atom is -0.512 e. The number of ketones is 1. The third kappa shape index (κ3) is 7.88. The van der Waals surface area contributed by atoms with Gasteiger partial charge in [0.25, 0.3) is 0 Å². The Balaban J connectivity index is 0.000000290. The molecule has 6 aromatic rings. The SMILES string of the molecule is CCC(CC)C(=O)/C=C(\O)C(CC)CC.Cc1cc(CC(C)(C)C)cc2c1nc1c3cc4ccccc4[c-]c3c3ncc(C#N)cc3n21.[Ir]. The Morgan fingerprint density at radius 1 is 0.980 bits per heavy atom. The van der Waals surface area contributed by atoms with Gasteiger partial charge in [-0.3, -0.25) is 9.78 Å². The zero-order chi connectivity index (χ0) is 34.7. The summed E-state index contributed by atoms with van der Waals surface area (Å²) in [6.45, 7) is 17.0. The van der Waals surface area contributed by atoms with Crippen LogP contribution in [0.25, 0.3) is 49.3 Å². The first kappa shape index (κ1) is 37.7. The third-order valence-corrected chi connectivity index (χ3v) is 9.33. The normalized spacial score (nSPS) is 12.1. The van der Waals surface area contributed by atoms with Crippen LogP contribution in [0.4, 0.5) is 0 Å². The maximum atomic E-state index is 11.7. The Bertz CT molecular complexity index is 2210. The molecular weight excluding hydrogens is 785 g/mol. The topological polar surface area (TPSA) is 91.3 Å². The molecule has 0 atom stereocenters. The summed E-state index contributed by atoms with van der Waals surface area (Å²) in [5.41, 5.74) is 7.80. The standard InChI is InChI=1S/C29H23N4.C13H24O2.Ir/c1-17-9-18(14-29(2,3)4)10-24-26(17)32-28-23-13-21-8-6-5-7-20(21)12-22(23)27-25(33(24)28)11-19(15-30)16-31-27;1-5-10(6-2)12(14)9-13(15)11(7-3)8-4;/h5-11,13,16H,14H2,1-4H3;9-11,14H,5-8H2,1-4H3;/q-1;;/b;12-9-;. The second kappa shape index (κ2) is 15.6. The number of fused-ring (bicyclic) bond motifs is 9. The molecule has 0 aliphatic carbocycles. The molecule has 6 rings (SSSR count). The van der Waals surface area contributed by atoms with Crippen LogP contribution in [0, 0.1) is 41.6 Å². The number of imidazole rings is 1. The Labute approximate surface area is 303 Å². The van der Waals surface area contributed by atoms with E-state index >= 15 is 0 Å². The van der Waals surface area contributed by atoms with Gasteiger partial charge in [-0.2, -0.15) is 5.26 Å². The Morgan fingerprint density at radius 2 is 1.63 bits per heavy atom. The van der Waals surface area contributed by atoms with E-state index in [1.165, 1.54) is 11.6 Å². The molecule has 0 fully saturated rings. The molecule has 0 bridgehead atoms. The van der Waals surface area contributed by atoms with Crippen molar-refractivity contribution in [2.24, 2.45) is 17.3 Å². The van der Waals surface area contributed by atoms with Crippen molar-refractivity contribution in [3.63, 3.8) is 0 Å². The largest absolute Gasteiger partial charge is 0.512 e. The number of aliphatic hydroxyl groups is 1. The summed E-state index contributed by atoms with van der Waals surface area (Å²) in [4.78, 5) is 21.6. The molecule has 0 saturated carbocycles. The van der Waals surface area contributed by atoms with Gasteiger partial charge in [0.05, 0.1) is 22.4 Å². The van der Waals surface area contributed by atoms with Crippen molar-refractivity contribution in [3.8, 4) is 6.07 Å². The van der Waals surface area contributed by atoms with Gasteiger partial charge in [0.15, 0.2) is 5.78 Å². The minimum atomic E-state index is 0. The molecule has 3 aromatic carbocycles. The van der Waals surface area contributed by atoms with Gasteiger partial charge in [0, 0.05) is 55.2 Å². The van der Waals surface area contributed by atoms with Crippen LogP contribution in [0.5, 0.6) is 0 Å². The summed E-state index contributed by atoms with van der Waals surface area (Å²) in [5, 5.41) is 23.5. The van der Waals surface area contributed by atoms with E-state index < -0.39 is 0 Å². The molecule has 3 heterocycles. The van der Waals surface area contributed by atoms with Crippen molar-refractivity contribution >= 4 is 55.0 Å². The van der Waals surface area contributed by atoms with Gasteiger partial charge in [-0.15, -0.1) is 23.6 Å². The van der Waals surface area contributed by atoms with Gasteiger partial charge in [0.2, 0.25) is 0 Å². The fourth-order valence-corrected chi connectivity index (χ4v) is 6.75. The fourth-order valence-electron chi connectivity index (χ4n) is 6.75. The summed E-state index contributed by atoms with van der Waals surface area (Å²) in [5.74, 6) is 0.547. The number of carbonyl (C=O) groups is 1. The number of benzene rings is 3. The van der Waals surface area contributed by atoms with E-state index in [-0.39, 0.29) is 48.9 Å². The molecule has 0 aliphatic rings. The molecule has 3 aromatic heterocycles. The third-order valence-electron chi connectivity index (χ3n) is 9.33.